The van der Waals surface area contributed by atoms with Crippen molar-refractivity contribution in [2.75, 3.05) is 20.3 Å². The first-order valence-corrected chi connectivity index (χ1v) is 6.76. The lowest BCUT2D eigenvalue weighted by Gasteiger charge is -2.06. The number of aromatic nitrogens is 1. The van der Waals surface area contributed by atoms with Crippen molar-refractivity contribution in [2.24, 2.45) is 0 Å². The molecule has 0 spiro atoms. The van der Waals surface area contributed by atoms with Gasteiger partial charge in [-0.15, -0.1) is 0 Å². The van der Waals surface area contributed by atoms with Gasteiger partial charge in [0, 0.05) is 36.5 Å². The number of methoxy groups -OCH3 is 1. The van der Waals surface area contributed by atoms with E-state index in [1.165, 1.54) is 0 Å². The molecule has 0 unspecified atom stereocenters. The summed E-state index contributed by atoms with van der Waals surface area (Å²) < 4.78 is 4.94. The van der Waals surface area contributed by atoms with Crippen LogP contribution in [-0.4, -0.2) is 25.2 Å². The van der Waals surface area contributed by atoms with Crippen LogP contribution < -0.4 is 10.9 Å². The first-order chi connectivity index (χ1) is 9.70. The third kappa shape index (κ3) is 3.93. The molecule has 2 rings (SSSR count). The molecule has 0 saturated carbocycles. The largest absolute Gasteiger partial charge is 0.383 e. The Balaban J connectivity index is 2.09. The third-order valence-corrected chi connectivity index (χ3v) is 3.20. The van der Waals surface area contributed by atoms with E-state index in [1.54, 1.807) is 19.2 Å². The highest BCUT2D eigenvalue weighted by molar-refractivity contribution is 6.30. The number of rotatable bonds is 6. The van der Waals surface area contributed by atoms with Gasteiger partial charge < -0.3 is 15.0 Å². The predicted molar refractivity (Wildman–Crippen MR) is 81.1 cm³/mol. The Morgan fingerprint density at radius 3 is 2.60 bits per heavy atom. The van der Waals surface area contributed by atoms with Gasteiger partial charge in [-0.1, -0.05) is 29.8 Å². The van der Waals surface area contributed by atoms with E-state index in [4.69, 9.17) is 16.3 Å². The molecule has 2 aromatic rings. The van der Waals surface area contributed by atoms with Crippen LogP contribution in [0.1, 0.15) is 5.56 Å². The number of H-pyrrole nitrogens is 1. The molecule has 1 aromatic heterocycles. The molecule has 4 nitrogen and oxygen atoms in total. The minimum Gasteiger partial charge on any atom is -0.383 e. The summed E-state index contributed by atoms with van der Waals surface area (Å²) in [7, 11) is 1.65. The number of ether oxygens (including phenoxy) is 1. The molecule has 0 saturated heterocycles. The van der Waals surface area contributed by atoms with Crippen LogP contribution in [0.2, 0.25) is 5.02 Å². The molecule has 0 bridgehead atoms. The zero-order valence-corrected chi connectivity index (χ0v) is 12.0. The van der Waals surface area contributed by atoms with Crippen molar-refractivity contribution < 1.29 is 4.74 Å². The van der Waals surface area contributed by atoms with Gasteiger partial charge in [-0.2, -0.15) is 0 Å². The molecule has 0 fully saturated rings. The first-order valence-electron chi connectivity index (χ1n) is 6.38. The Kier molecular flexibility index (Phi) is 5.35. The van der Waals surface area contributed by atoms with Crippen LogP contribution in [0, 0.1) is 0 Å². The van der Waals surface area contributed by atoms with Crippen LogP contribution >= 0.6 is 11.6 Å². The molecule has 5 heteroatoms. The fraction of sp³-hybridized carbons (Fsp3) is 0.267. The highest BCUT2D eigenvalue weighted by Crippen LogP contribution is 2.18. The number of aromatic amines is 1. The fourth-order valence-corrected chi connectivity index (χ4v) is 1.96. The van der Waals surface area contributed by atoms with E-state index in [9.17, 15) is 4.79 Å². The van der Waals surface area contributed by atoms with Gasteiger partial charge in [0.2, 0.25) is 0 Å². The Morgan fingerprint density at radius 1 is 1.20 bits per heavy atom. The van der Waals surface area contributed by atoms with Crippen molar-refractivity contribution in [3.8, 4) is 11.3 Å². The molecule has 106 valence electrons. The number of hydrogen-bond acceptors (Lipinski definition) is 3. The first kappa shape index (κ1) is 14.8. The molecule has 0 aliphatic rings. The van der Waals surface area contributed by atoms with E-state index in [2.05, 4.69) is 10.3 Å². The average molecular weight is 293 g/mol. The molecule has 1 heterocycles. The molecular formula is C15H17ClN2O2. The topological polar surface area (TPSA) is 54.1 Å². The normalized spacial score (nSPS) is 10.7. The highest BCUT2D eigenvalue weighted by Gasteiger charge is 2.03. The molecule has 0 atom stereocenters. The van der Waals surface area contributed by atoms with E-state index < -0.39 is 0 Å². The minimum absolute atomic E-state index is 0.0811. The minimum atomic E-state index is -0.0811. The van der Waals surface area contributed by atoms with Gasteiger partial charge in [0.1, 0.15) is 0 Å². The number of nitrogens with one attached hydrogen (secondary N) is 2. The van der Waals surface area contributed by atoms with Gasteiger partial charge in [0.25, 0.3) is 5.56 Å². The quantitative estimate of drug-likeness (QED) is 0.804. The Labute approximate surface area is 122 Å². The second kappa shape index (κ2) is 7.24. The van der Waals surface area contributed by atoms with Crippen LogP contribution in [0.4, 0.5) is 0 Å². The van der Waals surface area contributed by atoms with Crippen LogP contribution in [0.15, 0.2) is 41.2 Å². The number of pyridine rings is 1. The van der Waals surface area contributed by atoms with E-state index >= 15 is 0 Å². The maximum Gasteiger partial charge on any atom is 0.252 e. The maximum atomic E-state index is 12.0. The van der Waals surface area contributed by atoms with Crippen LogP contribution in [-0.2, 0) is 11.3 Å². The van der Waals surface area contributed by atoms with E-state index in [0.717, 1.165) is 17.8 Å². The molecule has 0 aliphatic heterocycles. The Morgan fingerprint density at radius 2 is 1.95 bits per heavy atom. The summed E-state index contributed by atoms with van der Waals surface area (Å²) in [6.45, 7) is 1.87. The molecule has 1 aromatic carbocycles. The standard InChI is InChI=1S/C15H17ClN2O2/c1-20-9-8-17-10-12-4-7-14(18-15(12)19)11-2-5-13(16)6-3-11/h2-7,17H,8-10H2,1H3,(H,18,19). The zero-order chi connectivity index (χ0) is 14.4. The van der Waals surface area contributed by atoms with E-state index in [1.807, 2.05) is 24.3 Å². The monoisotopic (exact) mass is 292 g/mol. The van der Waals surface area contributed by atoms with Crippen LogP contribution in [0.3, 0.4) is 0 Å². The van der Waals surface area contributed by atoms with E-state index in [-0.39, 0.29) is 5.56 Å². The number of halogens is 1. The van der Waals surface area contributed by atoms with Gasteiger partial charge in [-0.3, -0.25) is 4.79 Å². The van der Waals surface area contributed by atoms with Gasteiger partial charge in [0.15, 0.2) is 0 Å². The number of hydrogen-bond donors (Lipinski definition) is 2. The highest BCUT2D eigenvalue weighted by atomic mass is 35.5. The van der Waals surface area contributed by atoms with Gasteiger partial charge >= 0.3 is 0 Å². The van der Waals surface area contributed by atoms with E-state index in [0.29, 0.717) is 23.7 Å². The second-order valence-electron chi connectivity index (χ2n) is 4.40. The molecule has 0 amide bonds. The van der Waals surface area contributed by atoms with Gasteiger partial charge in [-0.25, -0.2) is 0 Å². The summed E-state index contributed by atoms with van der Waals surface area (Å²) in [6.07, 6.45) is 0. The lowest BCUT2D eigenvalue weighted by Crippen LogP contribution is -2.23. The summed E-state index contributed by atoms with van der Waals surface area (Å²) in [5.74, 6) is 0. The molecule has 20 heavy (non-hydrogen) atoms. The van der Waals surface area contributed by atoms with Crippen molar-refractivity contribution in [3.63, 3.8) is 0 Å². The zero-order valence-electron chi connectivity index (χ0n) is 11.3. The summed E-state index contributed by atoms with van der Waals surface area (Å²) in [5, 5.41) is 3.82. The van der Waals surface area contributed by atoms with Crippen molar-refractivity contribution in [1.29, 1.82) is 0 Å². The van der Waals surface area contributed by atoms with Crippen molar-refractivity contribution in [1.82, 2.24) is 10.3 Å². The summed E-state index contributed by atoms with van der Waals surface area (Å²) >= 11 is 5.85. The van der Waals surface area contributed by atoms with Crippen LogP contribution in [0.25, 0.3) is 11.3 Å². The molecule has 2 N–H and O–H groups in total. The maximum absolute atomic E-state index is 12.0. The number of benzene rings is 1. The van der Waals surface area contributed by atoms with Crippen molar-refractivity contribution in [3.05, 3.63) is 57.3 Å². The molecular weight excluding hydrogens is 276 g/mol. The molecule has 0 aliphatic carbocycles. The van der Waals surface area contributed by atoms with Crippen LogP contribution in [0.5, 0.6) is 0 Å². The second-order valence-corrected chi connectivity index (χ2v) is 4.84. The average Bonchev–Trinajstić information content (AvgIpc) is 2.46. The van der Waals surface area contributed by atoms with Gasteiger partial charge in [-0.05, 0) is 23.8 Å². The predicted octanol–water partition coefficient (Wildman–Crippen LogP) is 2.43. The third-order valence-electron chi connectivity index (χ3n) is 2.94. The van der Waals surface area contributed by atoms with Crippen molar-refractivity contribution in [2.45, 2.75) is 6.54 Å². The smallest absolute Gasteiger partial charge is 0.252 e. The lowest BCUT2D eigenvalue weighted by atomic mass is 10.1. The SMILES string of the molecule is COCCNCc1ccc(-c2ccc(Cl)cc2)[nH]c1=O. The van der Waals surface area contributed by atoms with Crippen molar-refractivity contribution >= 4 is 11.6 Å². The molecule has 0 radical (unpaired) electrons. The fourth-order valence-electron chi connectivity index (χ4n) is 1.84. The lowest BCUT2D eigenvalue weighted by molar-refractivity contribution is 0.199. The Bertz CT molecular complexity index is 608. The summed E-state index contributed by atoms with van der Waals surface area (Å²) in [5.41, 5.74) is 2.35. The Hall–Kier alpha value is -1.62. The van der Waals surface area contributed by atoms with Gasteiger partial charge in [0.05, 0.1) is 6.61 Å². The summed E-state index contributed by atoms with van der Waals surface area (Å²) in [6, 6.07) is 11.1. The summed E-state index contributed by atoms with van der Waals surface area (Å²) in [4.78, 5) is 14.9.